The summed E-state index contributed by atoms with van der Waals surface area (Å²) in [6, 6.07) is 27.9. The van der Waals surface area contributed by atoms with E-state index in [1.807, 2.05) is 39.8 Å². The van der Waals surface area contributed by atoms with E-state index < -0.39 is 48.6 Å². The molecule has 0 radical (unpaired) electrons. The summed E-state index contributed by atoms with van der Waals surface area (Å²) in [5, 5.41) is -0.0692. The van der Waals surface area contributed by atoms with Gasteiger partial charge in [0.1, 0.15) is 5.75 Å². The first kappa shape index (κ1) is 40.8. The van der Waals surface area contributed by atoms with Crippen molar-refractivity contribution in [3.05, 3.63) is 160 Å². The van der Waals surface area contributed by atoms with Crippen molar-refractivity contribution in [2.75, 3.05) is 7.11 Å². The number of hydrogen-bond acceptors (Lipinski definition) is 3. The molecule has 0 aliphatic carbocycles. The molecule has 0 fully saturated rings. The van der Waals surface area contributed by atoms with Gasteiger partial charge in [-0.2, -0.15) is 26.3 Å². The molecule has 0 amide bonds. The van der Waals surface area contributed by atoms with Crippen LogP contribution in [-0.2, 0) is 21.5 Å². The first-order valence-electron chi connectivity index (χ1n) is 17.7. The minimum Gasteiger partial charge on any atom is -0.496 e. The molecule has 0 saturated carbocycles. The smallest absolute Gasteiger partial charge is 0.417 e. The Kier molecular flexibility index (Phi) is 10.9. The van der Waals surface area contributed by atoms with E-state index in [1.54, 1.807) is 43.3 Å². The minimum atomic E-state index is -5.41. The minimum absolute atomic E-state index is 0.0185. The Balaban J connectivity index is 1.96. The van der Waals surface area contributed by atoms with Gasteiger partial charge < -0.3 is 13.9 Å². The summed E-state index contributed by atoms with van der Waals surface area (Å²) in [6.07, 6.45) is -10.7. The van der Waals surface area contributed by atoms with E-state index in [1.165, 1.54) is 68.6 Å². The zero-order valence-corrected chi connectivity index (χ0v) is 33.6. The Bertz CT molecular complexity index is 2420. The average molecular weight is 805 g/mol. The highest BCUT2D eigenvalue weighted by molar-refractivity contribution is 7.86. The summed E-state index contributed by atoms with van der Waals surface area (Å²) in [7, 11) is -7.51. The van der Waals surface area contributed by atoms with Gasteiger partial charge in [-0.25, -0.2) is 0 Å². The van der Waals surface area contributed by atoms with E-state index in [9.17, 15) is 13.2 Å². The number of halogens is 6. The molecule has 11 heteroatoms. The molecule has 3 nitrogen and oxygen atoms in total. The van der Waals surface area contributed by atoms with Crippen molar-refractivity contribution >= 4 is 46.1 Å². The van der Waals surface area contributed by atoms with Crippen molar-refractivity contribution in [2.24, 2.45) is 0 Å². The second-order valence-electron chi connectivity index (χ2n) is 14.2. The number of methoxy groups -OCH3 is 1. The first-order valence-corrected chi connectivity index (χ1v) is 21.1. The number of alkyl halides is 6. The van der Waals surface area contributed by atoms with E-state index >= 15 is 22.3 Å². The van der Waals surface area contributed by atoms with Crippen LogP contribution in [0.1, 0.15) is 44.5 Å². The van der Waals surface area contributed by atoms with E-state index in [0.717, 1.165) is 22.3 Å². The molecule has 0 bridgehead atoms. The van der Waals surface area contributed by atoms with Crippen LogP contribution < -0.4 is 36.6 Å². The first-order chi connectivity index (χ1) is 26.2. The lowest BCUT2D eigenvalue weighted by Crippen LogP contribution is -2.33. The Morgan fingerprint density at radius 3 is 1.29 bits per heavy atom. The molecule has 6 aromatic rings. The summed E-state index contributed by atoms with van der Waals surface area (Å²) in [6.45, 7) is 10.4. The molecule has 0 saturated heterocycles. The van der Waals surface area contributed by atoms with Gasteiger partial charge in [0.15, 0.2) is 14.3 Å². The van der Waals surface area contributed by atoms with Gasteiger partial charge in [-0.15, -0.1) is 0 Å². The molecule has 0 aliphatic rings. The molecular formula is C45H40F6O3P2. The van der Waals surface area contributed by atoms with Crippen molar-refractivity contribution in [1.29, 1.82) is 0 Å². The number of ether oxygens (including phenoxy) is 1. The lowest BCUT2D eigenvalue weighted by atomic mass is 9.92. The van der Waals surface area contributed by atoms with Crippen molar-refractivity contribution in [2.45, 2.75) is 53.9 Å². The van der Waals surface area contributed by atoms with Crippen LogP contribution in [0.5, 0.6) is 5.75 Å². The summed E-state index contributed by atoms with van der Waals surface area (Å²) in [5.74, 6) is 0.143. The van der Waals surface area contributed by atoms with Gasteiger partial charge in [0, 0.05) is 43.0 Å². The van der Waals surface area contributed by atoms with Gasteiger partial charge in [-0.05, 0) is 95.1 Å². The second-order valence-corrected chi connectivity index (χ2v) is 19.7. The summed E-state index contributed by atoms with van der Waals surface area (Å²) in [4.78, 5) is 0. The normalized spacial score (nSPS) is 12.5. The zero-order valence-electron chi connectivity index (χ0n) is 31.9. The molecule has 0 aromatic heterocycles. The zero-order chi connectivity index (χ0) is 41.0. The highest BCUT2D eigenvalue weighted by atomic mass is 31.2. The lowest BCUT2D eigenvalue weighted by molar-refractivity contribution is -0.142. The van der Waals surface area contributed by atoms with Crippen molar-refractivity contribution in [3.8, 4) is 16.9 Å². The predicted octanol–water partition coefficient (Wildman–Crippen LogP) is 10.5. The topological polar surface area (TPSA) is 43.4 Å². The average Bonchev–Trinajstić information content (AvgIpc) is 3.13. The van der Waals surface area contributed by atoms with Gasteiger partial charge >= 0.3 is 12.4 Å². The van der Waals surface area contributed by atoms with Gasteiger partial charge in [-0.3, -0.25) is 0 Å². The molecule has 0 aliphatic heterocycles. The summed E-state index contributed by atoms with van der Waals surface area (Å²) >= 11 is 0. The largest absolute Gasteiger partial charge is 0.496 e. The maximum absolute atomic E-state index is 16.6. The van der Waals surface area contributed by atoms with Crippen molar-refractivity contribution < 1.29 is 40.2 Å². The fourth-order valence-corrected chi connectivity index (χ4v) is 14.0. The number of aryl methyl sites for hydroxylation is 5. The fourth-order valence-electron chi connectivity index (χ4n) is 7.74. The van der Waals surface area contributed by atoms with E-state index in [0.29, 0.717) is 22.2 Å². The molecule has 0 spiro atoms. The fraction of sp³-hybridized carbons (Fsp3) is 0.200. The molecule has 56 heavy (non-hydrogen) atoms. The van der Waals surface area contributed by atoms with Gasteiger partial charge in [0.05, 0.1) is 18.2 Å². The van der Waals surface area contributed by atoms with Crippen LogP contribution in [0.15, 0.2) is 115 Å². The van der Waals surface area contributed by atoms with Crippen LogP contribution >= 0.6 is 14.3 Å². The van der Waals surface area contributed by atoms with Crippen LogP contribution in [0.2, 0.25) is 0 Å². The third-order valence-electron chi connectivity index (χ3n) is 9.95. The van der Waals surface area contributed by atoms with Crippen LogP contribution in [0.4, 0.5) is 26.3 Å². The van der Waals surface area contributed by atoms with Gasteiger partial charge in [0.2, 0.25) is 0 Å². The van der Waals surface area contributed by atoms with E-state index in [4.69, 9.17) is 4.74 Å². The monoisotopic (exact) mass is 804 g/mol. The number of rotatable bonds is 8. The van der Waals surface area contributed by atoms with E-state index in [-0.39, 0.29) is 38.9 Å². The molecule has 6 aromatic carbocycles. The Labute approximate surface area is 323 Å². The standard InChI is InChI=1S/C45H40F6O3P2/c1-27-18-28(2)21-36(20-27)56(53,37-22-29(3)19-30(4)23-37)39-24-31(5)43(54-7)32(6)41(39)42-38(45(49,50)51)25-33(44(46,47)48)26-40(42)55(52,34-14-10-8-11-15-34)35-16-12-9-13-17-35/h8-26H,1-7H3. The summed E-state index contributed by atoms with van der Waals surface area (Å²) in [5.41, 5.74) is -0.802. The Morgan fingerprint density at radius 1 is 0.482 bits per heavy atom. The number of hydrogen-bond donors (Lipinski definition) is 0. The molecular weight excluding hydrogens is 764 g/mol. The Morgan fingerprint density at radius 2 is 0.893 bits per heavy atom. The molecule has 290 valence electrons. The second kappa shape index (κ2) is 14.9. The van der Waals surface area contributed by atoms with Crippen LogP contribution in [0.25, 0.3) is 11.1 Å². The van der Waals surface area contributed by atoms with Crippen LogP contribution in [0, 0.1) is 41.5 Å². The molecule has 6 rings (SSSR count). The molecule has 0 unspecified atom stereocenters. The third kappa shape index (κ3) is 7.28. The quantitative estimate of drug-likeness (QED) is 0.114. The van der Waals surface area contributed by atoms with Crippen molar-refractivity contribution in [1.82, 2.24) is 0 Å². The SMILES string of the molecule is COc1c(C)cc(P(=O)(c2cc(C)cc(C)c2)c2cc(C)cc(C)c2)c(-c2c(C(F)(F)F)cc(C(F)(F)F)cc2P(=O)(c2ccccc2)c2ccccc2)c1C. The highest BCUT2D eigenvalue weighted by Crippen LogP contribution is 2.54. The Hall–Kier alpha value is -4.84. The van der Waals surface area contributed by atoms with E-state index in [2.05, 4.69) is 0 Å². The van der Waals surface area contributed by atoms with Gasteiger partial charge in [-0.1, -0.05) is 95.1 Å². The molecule has 0 N–H and O–H groups in total. The lowest BCUT2D eigenvalue weighted by Gasteiger charge is -2.31. The number of benzene rings is 6. The maximum Gasteiger partial charge on any atom is 0.417 e. The summed E-state index contributed by atoms with van der Waals surface area (Å²) < 4.78 is 131. The molecule has 0 atom stereocenters. The maximum atomic E-state index is 16.6. The van der Waals surface area contributed by atoms with Gasteiger partial charge in [0.25, 0.3) is 0 Å². The highest BCUT2D eigenvalue weighted by Gasteiger charge is 2.46. The third-order valence-corrected chi connectivity index (χ3v) is 16.0. The van der Waals surface area contributed by atoms with Crippen LogP contribution in [-0.4, -0.2) is 7.11 Å². The predicted molar refractivity (Wildman–Crippen MR) is 216 cm³/mol. The van der Waals surface area contributed by atoms with Crippen LogP contribution in [0.3, 0.4) is 0 Å². The molecule has 0 heterocycles. The van der Waals surface area contributed by atoms with Crippen molar-refractivity contribution in [3.63, 3.8) is 0 Å².